The second-order valence-electron chi connectivity index (χ2n) is 5.68. The number of halogens is 2. The molecule has 0 saturated carbocycles. The van der Waals surface area contributed by atoms with Gasteiger partial charge in [-0.2, -0.15) is 0 Å². The second kappa shape index (κ2) is 10.4. The molecule has 10 heteroatoms. The van der Waals surface area contributed by atoms with E-state index in [1.54, 1.807) is 24.3 Å². The van der Waals surface area contributed by atoms with E-state index in [2.05, 4.69) is 5.48 Å². The zero-order valence-electron chi connectivity index (χ0n) is 15.2. The third kappa shape index (κ3) is 5.90. The number of benzene rings is 2. The molecule has 7 nitrogen and oxygen atoms in total. The maximum absolute atomic E-state index is 13.8. The zero-order valence-corrected chi connectivity index (χ0v) is 16.8. The molecular formula is C18H19ClFN2O5S-. The summed E-state index contributed by atoms with van der Waals surface area (Å²) in [5.74, 6) is -0.813. The number of carbonyl (C=O) groups is 1. The maximum atomic E-state index is 13.8. The number of rotatable bonds is 9. The summed E-state index contributed by atoms with van der Waals surface area (Å²) in [4.78, 5) is 18.9. The number of amides is 1. The van der Waals surface area contributed by atoms with E-state index < -0.39 is 22.8 Å². The first-order chi connectivity index (χ1) is 13.3. The average molecular weight is 430 g/mol. The smallest absolute Gasteiger partial charge is 0.228 e. The van der Waals surface area contributed by atoms with Crippen molar-refractivity contribution >= 4 is 40.0 Å². The minimum atomic E-state index is -2.38. The van der Waals surface area contributed by atoms with Crippen LogP contribution in [0.15, 0.2) is 36.4 Å². The van der Waals surface area contributed by atoms with Crippen molar-refractivity contribution in [2.45, 2.75) is 13.0 Å². The van der Waals surface area contributed by atoms with Crippen LogP contribution in [0.2, 0.25) is 5.02 Å². The number of methoxy groups -OCH3 is 1. The van der Waals surface area contributed by atoms with E-state index >= 15 is 0 Å². The molecule has 2 aromatic rings. The third-order valence-corrected chi connectivity index (χ3v) is 4.62. The highest BCUT2D eigenvalue weighted by molar-refractivity contribution is 7.79. The molecule has 152 valence electrons. The molecule has 1 atom stereocenters. The zero-order chi connectivity index (χ0) is 20.7. The lowest BCUT2D eigenvalue weighted by Gasteiger charge is -2.27. The third-order valence-electron chi connectivity index (χ3n) is 3.79. The maximum Gasteiger partial charge on any atom is 0.228 e. The lowest BCUT2D eigenvalue weighted by atomic mass is 10.1. The summed E-state index contributed by atoms with van der Waals surface area (Å²) in [7, 11) is 2.87. The van der Waals surface area contributed by atoms with E-state index in [0.29, 0.717) is 5.75 Å². The Balaban J connectivity index is 2.45. The van der Waals surface area contributed by atoms with Gasteiger partial charge in [-0.25, -0.2) is 4.39 Å². The van der Waals surface area contributed by atoms with Gasteiger partial charge in [0.25, 0.3) is 0 Å². The minimum Gasteiger partial charge on any atom is -0.772 e. The molecule has 0 aromatic heterocycles. The molecule has 0 aliphatic rings. The van der Waals surface area contributed by atoms with Crippen molar-refractivity contribution in [3.8, 4) is 5.75 Å². The van der Waals surface area contributed by atoms with Crippen LogP contribution >= 0.6 is 11.6 Å². The number of nitrogens with zero attached hydrogens (tertiary/aromatic N) is 1. The van der Waals surface area contributed by atoms with Crippen LogP contribution in [-0.4, -0.2) is 34.6 Å². The first-order valence-electron chi connectivity index (χ1n) is 8.13. The number of hydrogen-bond donors (Lipinski definition) is 1. The molecule has 1 unspecified atom stereocenters. The predicted molar refractivity (Wildman–Crippen MR) is 105 cm³/mol. The number of hydrogen-bond acceptors (Lipinski definition) is 6. The second-order valence-corrected chi connectivity index (χ2v) is 7.10. The highest BCUT2D eigenvalue weighted by Crippen LogP contribution is 2.36. The first-order valence-corrected chi connectivity index (χ1v) is 9.75. The normalized spacial score (nSPS) is 11.8. The van der Waals surface area contributed by atoms with Crippen molar-refractivity contribution in [2.75, 3.05) is 30.4 Å². The molecule has 0 radical (unpaired) electrons. The van der Waals surface area contributed by atoms with Crippen LogP contribution in [0.1, 0.15) is 12.0 Å². The fraction of sp³-hybridized carbons (Fsp3) is 0.278. The Bertz CT molecular complexity index is 851. The van der Waals surface area contributed by atoms with E-state index in [0.717, 1.165) is 17.7 Å². The lowest BCUT2D eigenvalue weighted by molar-refractivity contribution is -0.118. The van der Waals surface area contributed by atoms with Gasteiger partial charge in [0.15, 0.2) is 0 Å². The van der Waals surface area contributed by atoms with E-state index in [1.807, 2.05) is 0 Å². The Hall–Kier alpha value is -2.20. The van der Waals surface area contributed by atoms with E-state index in [4.69, 9.17) is 21.2 Å². The fourth-order valence-corrected chi connectivity index (χ4v) is 3.19. The molecule has 28 heavy (non-hydrogen) atoms. The molecule has 1 amide bonds. The topological polar surface area (TPSA) is 90.9 Å². The van der Waals surface area contributed by atoms with Gasteiger partial charge in [0.2, 0.25) is 5.91 Å². The van der Waals surface area contributed by atoms with Gasteiger partial charge in [0.05, 0.1) is 37.2 Å². The van der Waals surface area contributed by atoms with Gasteiger partial charge in [-0.05, 0) is 23.8 Å². The molecule has 0 heterocycles. The molecule has 2 rings (SSSR count). The fourth-order valence-electron chi connectivity index (χ4n) is 2.54. The standard InChI is InChI=1S/C18H20ClFN2O5S/c1-26-14-5-3-12(4-6-14)11-22(17(23)7-8-28(24)25)18-15(19)9-13(20)10-16(18)21-27-2/h3-6,9-10,21H,7-8,11H2,1-2H3,(H,24,25)/p-1. The highest BCUT2D eigenvalue weighted by Gasteiger charge is 2.23. The Labute approximate surface area is 169 Å². The van der Waals surface area contributed by atoms with E-state index in [1.165, 1.54) is 19.1 Å². The summed E-state index contributed by atoms with van der Waals surface area (Å²) in [6, 6.07) is 9.16. The van der Waals surface area contributed by atoms with Crippen LogP contribution in [0, 0.1) is 5.82 Å². The number of ether oxygens (including phenoxy) is 1. The Morgan fingerprint density at radius 3 is 2.54 bits per heavy atom. The van der Waals surface area contributed by atoms with Crippen molar-refractivity contribution in [3.63, 3.8) is 0 Å². The summed E-state index contributed by atoms with van der Waals surface area (Å²) in [5.41, 5.74) is 3.56. The minimum absolute atomic E-state index is 0.0235. The van der Waals surface area contributed by atoms with Crippen LogP contribution < -0.4 is 15.1 Å². The van der Waals surface area contributed by atoms with Crippen molar-refractivity contribution in [3.05, 3.63) is 52.8 Å². The largest absolute Gasteiger partial charge is 0.772 e. The quantitative estimate of drug-likeness (QED) is 0.486. The molecule has 2 aromatic carbocycles. The summed E-state index contributed by atoms with van der Waals surface area (Å²) in [6.45, 7) is 0.0814. The van der Waals surface area contributed by atoms with Crippen molar-refractivity contribution in [1.82, 2.24) is 0 Å². The van der Waals surface area contributed by atoms with Crippen LogP contribution in [-0.2, 0) is 27.3 Å². The molecule has 1 N–H and O–H groups in total. The predicted octanol–water partition coefficient (Wildman–Crippen LogP) is 3.26. The Morgan fingerprint density at radius 1 is 1.29 bits per heavy atom. The van der Waals surface area contributed by atoms with Crippen LogP contribution in [0.3, 0.4) is 0 Å². The van der Waals surface area contributed by atoms with Gasteiger partial charge in [-0.1, -0.05) is 34.8 Å². The van der Waals surface area contributed by atoms with Gasteiger partial charge in [0, 0.05) is 18.2 Å². The molecule has 0 saturated heterocycles. The van der Waals surface area contributed by atoms with Crippen molar-refractivity contribution < 1.29 is 27.5 Å². The summed E-state index contributed by atoms with van der Waals surface area (Å²) in [5, 5.41) is -0.0235. The summed E-state index contributed by atoms with van der Waals surface area (Å²) in [6.07, 6.45) is -0.258. The molecule has 0 bridgehead atoms. The molecular weight excluding hydrogens is 411 g/mol. The first kappa shape index (κ1) is 22.1. The van der Waals surface area contributed by atoms with Crippen LogP contribution in [0.25, 0.3) is 0 Å². The van der Waals surface area contributed by atoms with Crippen molar-refractivity contribution in [1.29, 1.82) is 0 Å². The highest BCUT2D eigenvalue weighted by atomic mass is 35.5. The average Bonchev–Trinajstić information content (AvgIpc) is 2.65. The molecule has 0 aliphatic heterocycles. The number of nitrogens with one attached hydrogen (secondary N) is 1. The van der Waals surface area contributed by atoms with Gasteiger partial charge in [-0.15, -0.1) is 0 Å². The Kier molecular flexibility index (Phi) is 8.18. The van der Waals surface area contributed by atoms with E-state index in [9.17, 15) is 17.9 Å². The Morgan fingerprint density at radius 2 is 1.96 bits per heavy atom. The summed E-state index contributed by atoms with van der Waals surface area (Å²) < 4.78 is 40.7. The van der Waals surface area contributed by atoms with Gasteiger partial charge in [0.1, 0.15) is 11.6 Å². The van der Waals surface area contributed by atoms with Gasteiger partial charge < -0.3 is 14.2 Å². The summed E-state index contributed by atoms with van der Waals surface area (Å²) >= 11 is 3.84. The monoisotopic (exact) mass is 429 g/mol. The van der Waals surface area contributed by atoms with Gasteiger partial charge >= 0.3 is 0 Å². The number of anilines is 2. The molecule has 0 spiro atoms. The molecule has 0 aliphatic carbocycles. The lowest BCUT2D eigenvalue weighted by Crippen LogP contribution is -2.32. The van der Waals surface area contributed by atoms with Crippen molar-refractivity contribution in [2.24, 2.45) is 0 Å². The van der Waals surface area contributed by atoms with Crippen LogP contribution in [0.5, 0.6) is 5.75 Å². The van der Waals surface area contributed by atoms with E-state index in [-0.39, 0.29) is 35.1 Å². The molecule has 0 fully saturated rings. The number of carbonyl (C=O) groups excluding carboxylic acids is 1. The van der Waals surface area contributed by atoms with Gasteiger partial charge in [-0.3, -0.25) is 19.3 Å². The van der Waals surface area contributed by atoms with Crippen LogP contribution in [0.4, 0.5) is 15.8 Å². The SMILES string of the molecule is CONc1cc(F)cc(Cl)c1N(Cc1ccc(OC)cc1)C(=O)CCS(=O)[O-].